The Morgan fingerprint density at radius 3 is 2.53 bits per heavy atom. The third kappa shape index (κ3) is 4.16. The fourth-order valence-electron chi connectivity index (χ4n) is 1.16. The second-order valence-corrected chi connectivity index (χ2v) is 5.73. The maximum absolute atomic E-state index is 11.9. The number of amides is 1. The van der Waals surface area contributed by atoms with Gasteiger partial charge in [-0.3, -0.25) is 10.2 Å². The highest BCUT2D eigenvalue weighted by molar-refractivity contribution is 14.1. The molecule has 0 atom stereocenters. The molecule has 1 amide bonds. The molecule has 0 unspecified atom stereocenters. The SMILES string of the molecule is COc1cccc(C(=O)NNC(C)(C)C)c1I. The number of rotatable bonds is 3. The Bertz CT molecular complexity index is 413. The van der Waals surface area contributed by atoms with E-state index in [4.69, 9.17) is 4.74 Å². The normalized spacial score (nSPS) is 11.1. The molecule has 4 nitrogen and oxygen atoms in total. The molecule has 0 spiro atoms. The number of ether oxygens (including phenoxy) is 1. The molecule has 1 aromatic carbocycles. The van der Waals surface area contributed by atoms with Crippen LogP contribution in [0.15, 0.2) is 18.2 Å². The summed E-state index contributed by atoms with van der Waals surface area (Å²) in [7, 11) is 1.59. The lowest BCUT2D eigenvalue weighted by Gasteiger charge is -2.21. The number of halogens is 1. The quantitative estimate of drug-likeness (QED) is 0.651. The van der Waals surface area contributed by atoms with Crippen molar-refractivity contribution in [2.24, 2.45) is 0 Å². The summed E-state index contributed by atoms with van der Waals surface area (Å²) in [5.74, 6) is 0.539. The van der Waals surface area contributed by atoms with Crippen molar-refractivity contribution >= 4 is 28.5 Å². The largest absolute Gasteiger partial charge is 0.496 e. The van der Waals surface area contributed by atoms with Crippen molar-refractivity contribution in [3.05, 3.63) is 27.3 Å². The number of nitrogens with one attached hydrogen (secondary N) is 2. The molecular formula is C12H17IN2O2. The Kier molecular flexibility index (Phi) is 4.76. The van der Waals surface area contributed by atoms with Crippen LogP contribution in [0.5, 0.6) is 5.75 Å². The van der Waals surface area contributed by atoms with Gasteiger partial charge in [-0.2, -0.15) is 0 Å². The third-order valence-corrected chi connectivity index (χ3v) is 3.09. The van der Waals surface area contributed by atoms with E-state index >= 15 is 0 Å². The van der Waals surface area contributed by atoms with Crippen molar-refractivity contribution < 1.29 is 9.53 Å². The van der Waals surface area contributed by atoms with E-state index in [1.807, 2.05) is 26.8 Å². The van der Waals surface area contributed by atoms with Crippen LogP contribution in [0.25, 0.3) is 0 Å². The van der Waals surface area contributed by atoms with E-state index in [1.165, 1.54) is 0 Å². The maximum Gasteiger partial charge on any atom is 0.266 e. The van der Waals surface area contributed by atoms with E-state index < -0.39 is 0 Å². The number of carbonyl (C=O) groups is 1. The third-order valence-electron chi connectivity index (χ3n) is 1.98. The molecule has 2 N–H and O–H groups in total. The summed E-state index contributed by atoms with van der Waals surface area (Å²) in [5.41, 5.74) is 6.05. The summed E-state index contributed by atoms with van der Waals surface area (Å²) in [5, 5.41) is 0. The second kappa shape index (κ2) is 5.68. The van der Waals surface area contributed by atoms with Crippen LogP contribution >= 0.6 is 22.6 Å². The molecule has 0 saturated carbocycles. The Hall–Kier alpha value is -0.820. The standard InChI is InChI=1S/C12H17IN2O2/c1-12(2,3)15-14-11(16)8-6-5-7-9(17-4)10(8)13/h5-7,15H,1-4H3,(H,14,16). The topological polar surface area (TPSA) is 50.4 Å². The fraction of sp³-hybridized carbons (Fsp3) is 0.417. The summed E-state index contributed by atoms with van der Waals surface area (Å²) >= 11 is 2.10. The fourth-order valence-corrected chi connectivity index (χ4v) is 1.98. The Morgan fingerprint density at radius 2 is 2.00 bits per heavy atom. The van der Waals surface area contributed by atoms with Gasteiger partial charge in [0.2, 0.25) is 0 Å². The Morgan fingerprint density at radius 1 is 1.35 bits per heavy atom. The summed E-state index contributed by atoms with van der Waals surface area (Å²) < 4.78 is 5.98. The number of carbonyl (C=O) groups excluding carboxylic acids is 1. The van der Waals surface area contributed by atoms with Gasteiger partial charge in [0.1, 0.15) is 5.75 Å². The minimum Gasteiger partial charge on any atom is -0.496 e. The minimum absolute atomic E-state index is 0.164. The number of hydrazine groups is 1. The lowest BCUT2D eigenvalue weighted by Crippen LogP contribution is -2.48. The molecule has 0 aliphatic heterocycles. The van der Waals surface area contributed by atoms with Gasteiger partial charge >= 0.3 is 0 Å². The lowest BCUT2D eigenvalue weighted by molar-refractivity contribution is 0.0913. The molecule has 1 aromatic rings. The highest BCUT2D eigenvalue weighted by Crippen LogP contribution is 2.23. The van der Waals surface area contributed by atoms with Crippen molar-refractivity contribution in [1.82, 2.24) is 10.9 Å². The molecule has 5 heteroatoms. The van der Waals surface area contributed by atoms with Gasteiger partial charge in [-0.1, -0.05) is 6.07 Å². The summed E-state index contributed by atoms with van der Waals surface area (Å²) in [6.07, 6.45) is 0. The van der Waals surface area contributed by atoms with Gasteiger partial charge in [-0.15, -0.1) is 0 Å². The van der Waals surface area contributed by atoms with E-state index in [0.717, 1.165) is 3.57 Å². The van der Waals surface area contributed by atoms with Crippen LogP contribution in [0.2, 0.25) is 0 Å². The lowest BCUT2D eigenvalue weighted by atomic mass is 10.1. The van der Waals surface area contributed by atoms with E-state index in [1.54, 1.807) is 19.2 Å². The molecule has 0 bridgehead atoms. The second-order valence-electron chi connectivity index (χ2n) is 4.65. The van der Waals surface area contributed by atoms with Crippen LogP contribution in [-0.2, 0) is 0 Å². The van der Waals surface area contributed by atoms with Gasteiger partial charge < -0.3 is 4.74 Å². The molecule has 0 radical (unpaired) electrons. The van der Waals surface area contributed by atoms with Crippen LogP contribution in [-0.4, -0.2) is 18.6 Å². The first-order chi connectivity index (χ1) is 7.85. The first-order valence-corrected chi connectivity index (χ1v) is 6.33. The average Bonchev–Trinajstić information content (AvgIpc) is 2.25. The molecule has 1 rings (SSSR count). The monoisotopic (exact) mass is 348 g/mol. The van der Waals surface area contributed by atoms with Crippen LogP contribution in [0.4, 0.5) is 0 Å². The molecule has 0 heterocycles. The van der Waals surface area contributed by atoms with Crippen molar-refractivity contribution in [3.8, 4) is 5.75 Å². The van der Waals surface area contributed by atoms with Gasteiger partial charge in [0.05, 0.1) is 16.2 Å². The van der Waals surface area contributed by atoms with E-state index in [2.05, 4.69) is 33.4 Å². The molecule has 17 heavy (non-hydrogen) atoms. The first-order valence-electron chi connectivity index (χ1n) is 5.25. The Balaban J connectivity index is 2.83. The molecule has 0 aliphatic rings. The van der Waals surface area contributed by atoms with Gasteiger partial charge in [0.15, 0.2) is 0 Å². The van der Waals surface area contributed by atoms with Crippen LogP contribution in [0.3, 0.4) is 0 Å². The van der Waals surface area contributed by atoms with Gasteiger partial charge in [-0.25, -0.2) is 5.43 Å². The highest BCUT2D eigenvalue weighted by atomic mass is 127. The zero-order chi connectivity index (χ0) is 13.1. The zero-order valence-corrected chi connectivity index (χ0v) is 12.6. The predicted molar refractivity (Wildman–Crippen MR) is 76.1 cm³/mol. The van der Waals surface area contributed by atoms with E-state index in [9.17, 15) is 4.79 Å². The smallest absolute Gasteiger partial charge is 0.266 e. The average molecular weight is 348 g/mol. The molecule has 0 aliphatic carbocycles. The number of methoxy groups -OCH3 is 1. The van der Waals surface area contributed by atoms with Crippen molar-refractivity contribution in [2.45, 2.75) is 26.3 Å². The van der Waals surface area contributed by atoms with Crippen LogP contribution < -0.4 is 15.6 Å². The predicted octanol–water partition coefficient (Wildman–Crippen LogP) is 2.33. The first kappa shape index (κ1) is 14.2. The number of hydrogen-bond donors (Lipinski definition) is 2. The number of hydrogen-bond acceptors (Lipinski definition) is 3. The summed E-state index contributed by atoms with van der Waals surface area (Å²) in [6.45, 7) is 5.93. The van der Waals surface area contributed by atoms with Crippen LogP contribution in [0.1, 0.15) is 31.1 Å². The van der Waals surface area contributed by atoms with Crippen molar-refractivity contribution in [1.29, 1.82) is 0 Å². The number of benzene rings is 1. The molecule has 0 saturated heterocycles. The molecule has 94 valence electrons. The van der Waals surface area contributed by atoms with Gasteiger partial charge in [0.25, 0.3) is 5.91 Å². The van der Waals surface area contributed by atoms with E-state index in [-0.39, 0.29) is 11.4 Å². The van der Waals surface area contributed by atoms with Crippen molar-refractivity contribution in [3.63, 3.8) is 0 Å². The molecule has 0 aromatic heterocycles. The minimum atomic E-state index is -0.167. The summed E-state index contributed by atoms with van der Waals surface area (Å²) in [4.78, 5) is 11.9. The molecule has 0 fully saturated rings. The summed E-state index contributed by atoms with van der Waals surface area (Å²) in [6, 6.07) is 5.40. The van der Waals surface area contributed by atoms with Gasteiger partial charge in [-0.05, 0) is 55.5 Å². The molecular weight excluding hydrogens is 331 g/mol. The van der Waals surface area contributed by atoms with Crippen molar-refractivity contribution in [2.75, 3.05) is 7.11 Å². The maximum atomic E-state index is 11.9. The van der Waals surface area contributed by atoms with E-state index in [0.29, 0.717) is 11.3 Å². The zero-order valence-electron chi connectivity index (χ0n) is 10.4. The van der Waals surface area contributed by atoms with Crippen LogP contribution in [0, 0.1) is 3.57 Å². The van der Waals surface area contributed by atoms with Gasteiger partial charge in [0, 0.05) is 5.54 Å². The highest BCUT2D eigenvalue weighted by Gasteiger charge is 2.15. The Labute approximate surface area is 115 Å².